The molecule has 0 bridgehead atoms. The predicted octanol–water partition coefficient (Wildman–Crippen LogP) is -0.0901. The van der Waals surface area contributed by atoms with Crippen LogP contribution in [-0.2, 0) is 16.6 Å². The molecule has 6 nitrogen and oxygen atoms in total. The zero-order valence-corrected chi connectivity index (χ0v) is 9.27. The lowest BCUT2D eigenvalue weighted by Gasteiger charge is -2.10. The first-order valence-electron chi connectivity index (χ1n) is 4.43. The second kappa shape index (κ2) is 4.31. The van der Waals surface area contributed by atoms with E-state index in [1.54, 1.807) is 14.0 Å². The minimum Gasteiger partial charge on any atom is -0.481 e. The number of rotatable bonds is 3. The van der Waals surface area contributed by atoms with Gasteiger partial charge in [-0.3, -0.25) is 0 Å². The van der Waals surface area contributed by atoms with E-state index < -0.39 is 12.0 Å². The van der Waals surface area contributed by atoms with Gasteiger partial charge in [-0.15, -0.1) is 0 Å². The molecule has 0 radical (unpaired) electrons. The van der Waals surface area contributed by atoms with Crippen LogP contribution in [0.5, 0.6) is 5.88 Å². The SMILES string of the molecule is COC(=O)C(N)c1c(C)nn(C)c1OC. The van der Waals surface area contributed by atoms with Gasteiger partial charge in [-0.1, -0.05) is 0 Å². The van der Waals surface area contributed by atoms with Gasteiger partial charge in [0.2, 0.25) is 5.88 Å². The number of aryl methyl sites for hydroxylation is 2. The molecule has 0 saturated heterocycles. The van der Waals surface area contributed by atoms with Gasteiger partial charge >= 0.3 is 5.97 Å². The van der Waals surface area contributed by atoms with Crippen LogP contribution in [-0.4, -0.2) is 30.0 Å². The largest absolute Gasteiger partial charge is 0.481 e. The highest BCUT2D eigenvalue weighted by Crippen LogP contribution is 2.26. The van der Waals surface area contributed by atoms with Crippen molar-refractivity contribution >= 4 is 5.97 Å². The summed E-state index contributed by atoms with van der Waals surface area (Å²) in [6, 6.07) is -0.862. The second-order valence-corrected chi connectivity index (χ2v) is 3.13. The van der Waals surface area contributed by atoms with Crippen molar-refractivity contribution in [1.82, 2.24) is 9.78 Å². The number of hydrogen-bond donors (Lipinski definition) is 1. The van der Waals surface area contributed by atoms with Crippen molar-refractivity contribution in [3.8, 4) is 5.88 Å². The Labute approximate surface area is 88.0 Å². The third-order valence-corrected chi connectivity index (χ3v) is 2.17. The van der Waals surface area contributed by atoms with Crippen molar-refractivity contribution in [1.29, 1.82) is 0 Å². The molecule has 0 aliphatic rings. The van der Waals surface area contributed by atoms with Crippen LogP contribution in [0, 0.1) is 6.92 Å². The van der Waals surface area contributed by atoms with Crippen molar-refractivity contribution in [3.63, 3.8) is 0 Å². The predicted molar refractivity (Wildman–Crippen MR) is 53.4 cm³/mol. The Bertz CT molecular complexity index is 373. The van der Waals surface area contributed by atoms with Gasteiger partial charge in [0.1, 0.15) is 6.04 Å². The first-order valence-corrected chi connectivity index (χ1v) is 4.43. The standard InChI is InChI=1S/C9H15N3O3/c1-5-6(7(10)9(13)15-4)8(14-3)12(2)11-5/h7H,10H2,1-4H3. The fourth-order valence-electron chi connectivity index (χ4n) is 1.50. The number of carbonyl (C=O) groups is 1. The average molecular weight is 213 g/mol. The Morgan fingerprint density at radius 2 is 2.13 bits per heavy atom. The molecule has 0 amide bonds. The number of esters is 1. The van der Waals surface area contributed by atoms with Crippen LogP contribution in [0.25, 0.3) is 0 Å². The number of ether oxygens (including phenoxy) is 2. The molecule has 1 aromatic rings. The Balaban J connectivity index is 3.17. The molecule has 1 aromatic heterocycles. The van der Waals surface area contributed by atoms with Gasteiger partial charge in [-0.25, -0.2) is 9.48 Å². The lowest BCUT2D eigenvalue weighted by molar-refractivity contribution is -0.142. The number of aromatic nitrogens is 2. The van der Waals surface area contributed by atoms with Crippen LogP contribution in [0.2, 0.25) is 0 Å². The molecule has 0 aromatic carbocycles. The molecule has 1 unspecified atom stereocenters. The molecule has 15 heavy (non-hydrogen) atoms. The molecular formula is C9H15N3O3. The zero-order chi connectivity index (χ0) is 11.6. The topological polar surface area (TPSA) is 79.4 Å². The molecule has 0 aliphatic heterocycles. The molecule has 0 fully saturated rings. The third-order valence-electron chi connectivity index (χ3n) is 2.17. The molecule has 0 spiro atoms. The minimum absolute atomic E-state index is 0.477. The number of nitrogens with two attached hydrogens (primary N) is 1. The monoisotopic (exact) mass is 213 g/mol. The normalized spacial score (nSPS) is 12.3. The maximum Gasteiger partial charge on any atom is 0.327 e. The summed E-state index contributed by atoms with van der Waals surface area (Å²) < 4.78 is 11.2. The van der Waals surface area contributed by atoms with Crippen LogP contribution in [0.3, 0.4) is 0 Å². The van der Waals surface area contributed by atoms with Crippen LogP contribution in [0.4, 0.5) is 0 Å². The van der Waals surface area contributed by atoms with Gasteiger partial charge in [-0.05, 0) is 6.92 Å². The van der Waals surface area contributed by atoms with Crippen molar-refractivity contribution in [2.45, 2.75) is 13.0 Å². The maximum absolute atomic E-state index is 11.3. The van der Waals surface area contributed by atoms with E-state index in [1.807, 2.05) is 0 Å². The van der Waals surface area contributed by atoms with Gasteiger partial charge in [0.25, 0.3) is 0 Å². The molecule has 1 atom stereocenters. The van der Waals surface area contributed by atoms with E-state index in [0.717, 1.165) is 0 Å². The lowest BCUT2D eigenvalue weighted by Crippen LogP contribution is -2.23. The molecule has 6 heteroatoms. The second-order valence-electron chi connectivity index (χ2n) is 3.13. The fourth-order valence-corrected chi connectivity index (χ4v) is 1.50. The summed E-state index contributed by atoms with van der Waals surface area (Å²) in [6.45, 7) is 1.76. The van der Waals surface area contributed by atoms with E-state index in [9.17, 15) is 4.79 Å². The van der Waals surface area contributed by atoms with Crippen molar-refractivity contribution in [2.75, 3.05) is 14.2 Å². The summed E-state index contributed by atoms with van der Waals surface area (Å²) >= 11 is 0. The number of hydrogen-bond acceptors (Lipinski definition) is 5. The summed E-state index contributed by atoms with van der Waals surface area (Å²) in [4.78, 5) is 11.3. The average Bonchev–Trinajstić information content (AvgIpc) is 2.50. The van der Waals surface area contributed by atoms with Crippen molar-refractivity contribution in [2.24, 2.45) is 12.8 Å². The molecule has 0 saturated carbocycles. The van der Waals surface area contributed by atoms with Crippen LogP contribution in [0.1, 0.15) is 17.3 Å². The minimum atomic E-state index is -0.862. The highest BCUT2D eigenvalue weighted by atomic mass is 16.5. The van der Waals surface area contributed by atoms with Gasteiger partial charge < -0.3 is 15.2 Å². The van der Waals surface area contributed by atoms with Gasteiger partial charge in [-0.2, -0.15) is 5.10 Å². The van der Waals surface area contributed by atoms with E-state index >= 15 is 0 Å². The summed E-state index contributed by atoms with van der Waals surface area (Å²) in [5.41, 5.74) is 6.95. The van der Waals surface area contributed by atoms with Gasteiger partial charge in [0.05, 0.1) is 25.5 Å². The van der Waals surface area contributed by atoms with E-state index in [4.69, 9.17) is 10.5 Å². The van der Waals surface area contributed by atoms with Gasteiger partial charge in [0.15, 0.2) is 0 Å². The first kappa shape index (κ1) is 11.5. The molecular weight excluding hydrogens is 198 g/mol. The Hall–Kier alpha value is -1.56. The maximum atomic E-state index is 11.3. The van der Waals surface area contributed by atoms with Crippen LogP contribution >= 0.6 is 0 Å². The summed E-state index contributed by atoms with van der Waals surface area (Å²) in [5, 5.41) is 4.12. The van der Waals surface area contributed by atoms with Crippen LogP contribution < -0.4 is 10.5 Å². The Kier molecular flexibility index (Phi) is 3.31. The third kappa shape index (κ3) is 1.94. The van der Waals surface area contributed by atoms with E-state index in [0.29, 0.717) is 17.1 Å². The van der Waals surface area contributed by atoms with E-state index in [2.05, 4.69) is 9.84 Å². The Morgan fingerprint density at radius 1 is 1.53 bits per heavy atom. The zero-order valence-electron chi connectivity index (χ0n) is 9.27. The summed E-state index contributed by atoms with van der Waals surface area (Å²) in [5.74, 6) is -0.0326. The lowest BCUT2D eigenvalue weighted by atomic mass is 10.1. The fraction of sp³-hybridized carbons (Fsp3) is 0.556. The Morgan fingerprint density at radius 3 is 2.60 bits per heavy atom. The molecule has 1 heterocycles. The quantitative estimate of drug-likeness (QED) is 0.710. The molecule has 1 rings (SSSR count). The van der Waals surface area contributed by atoms with E-state index in [1.165, 1.54) is 18.9 Å². The number of carbonyl (C=O) groups excluding carboxylic acids is 1. The molecule has 2 N–H and O–H groups in total. The number of methoxy groups -OCH3 is 2. The van der Waals surface area contributed by atoms with Crippen molar-refractivity contribution < 1.29 is 14.3 Å². The van der Waals surface area contributed by atoms with E-state index in [-0.39, 0.29) is 0 Å². The summed E-state index contributed by atoms with van der Waals surface area (Å²) in [7, 11) is 4.52. The first-order chi connectivity index (χ1) is 7.02. The highest BCUT2D eigenvalue weighted by Gasteiger charge is 2.26. The van der Waals surface area contributed by atoms with Crippen molar-refractivity contribution in [3.05, 3.63) is 11.3 Å². The molecule has 0 aliphatic carbocycles. The van der Waals surface area contributed by atoms with Gasteiger partial charge in [0, 0.05) is 7.05 Å². The molecule has 84 valence electrons. The highest BCUT2D eigenvalue weighted by molar-refractivity contribution is 5.78. The smallest absolute Gasteiger partial charge is 0.327 e. The van der Waals surface area contributed by atoms with Crippen LogP contribution in [0.15, 0.2) is 0 Å². The summed E-state index contributed by atoms with van der Waals surface area (Å²) in [6.07, 6.45) is 0. The number of nitrogens with zero attached hydrogens (tertiary/aromatic N) is 2.